The molecular weight excluding hydrogens is 877 g/mol. The van der Waals surface area contributed by atoms with E-state index >= 15 is 0 Å². The number of hydrogen-bond donors (Lipinski definition) is 0. The van der Waals surface area contributed by atoms with Crippen LogP contribution in [-0.2, 0) is 28.6 Å². The molecule has 0 aliphatic heterocycles. The molecule has 0 saturated carbocycles. The van der Waals surface area contributed by atoms with Crippen LogP contribution in [0.15, 0.2) is 36.5 Å². The summed E-state index contributed by atoms with van der Waals surface area (Å²) in [6.45, 7) is 6.66. The third-order valence-corrected chi connectivity index (χ3v) is 14.1. The van der Waals surface area contributed by atoms with E-state index in [1.807, 2.05) is 0 Å². The number of esters is 3. The molecule has 0 aliphatic carbocycles. The minimum Gasteiger partial charge on any atom is -0.462 e. The summed E-state index contributed by atoms with van der Waals surface area (Å²) in [6.07, 6.45) is 72.8. The molecular formula is C65H120O6. The molecule has 0 aromatic rings. The molecule has 416 valence electrons. The van der Waals surface area contributed by atoms with Crippen molar-refractivity contribution in [3.05, 3.63) is 36.5 Å². The van der Waals surface area contributed by atoms with Gasteiger partial charge in [-0.1, -0.05) is 282 Å². The average molecular weight is 998 g/mol. The van der Waals surface area contributed by atoms with Crippen molar-refractivity contribution >= 4 is 17.9 Å². The summed E-state index contributed by atoms with van der Waals surface area (Å²) in [5.41, 5.74) is 0. The number of carbonyl (C=O) groups is 3. The van der Waals surface area contributed by atoms with Gasteiger partial charge in [-0.25, -0.2) is 0 Å². The number of unbranched alkanes of at least 4 members (excludes halogenated alkanes) is 41. The zero-order valence-corrected chi connectivity index (χ0v) is 47.8. The number of carbonyl (C=O) groups excluding carboxylic acids is 3. The van der Waals surface area contributed by atoms with Crippen LogP contribution < -0.4 is 0 Å². The summed E-state index contributed by atoms with van der Waals surface area (Å²) >= 11 is 0. The molecule has 6 nitrogen and oxygen atoms in total. The second kappa shape index (κ2) is 60.2. The van der Waals surface area contributed by atoms with Crippen LogP contribution in [0.4, 0.5) is 0 Å². The number of allylic oxidation sites excluding steroid dienone is 6. The lowest BCUT2D eigenvalue weighted by Gasteiger charge is -2.18. The topological polar surface area (TPSA) is 78.9 Å². The van der Waals surface area contributed by atoms with Gasteiger partial charge in [-0.2, -0.15) is 0 Å². The van der Waals surface area contributed by atoms with E-state index in [4.69, 9.17) is 14.2 Å². The average Bonchev–Trinajstić information content (AvgIpc) is 3.37. The summed E-state index contributed by atoms with van der Waals surface area (Å²) in [5, 5.41) is 0. The maximum atomic E-state index is 12.9. The van der Waals surface area contributed by atoms with Crippen LogP contribution in [0.1, 0.15) is 342 Å². The number of hydrogen-bond acceptors (Lipinski definition) is 6. The van der Waals surface area contributed by atoms with E-state index in [-0.39, 0.29) is 31.1 Å². The fourth-order valence-corrected chi connectivity index (χ4v) is 9.35. The Morgan fingerprint density at radius 2 is 0.507 bits per heavy atom. The van der Waals surface area contributed by atoms with Crippen LogP contribution in [-0.4, -0.2) is 37.2 Å². The minimum atomic E-state index is -0.775. The van der Waals surface area contributed by atoms with Gasteiger partial charge in [0.25, 0.3) is 0 Å². The van der Waals surface area contributed by atoms with Crippen LogP contribution in [0.2, 0.25) is 0 Å². The van der Waals surface area contributed by atoms with Crippen molar-refractivity contribution in [2.45, 2.75) is 348 Å². The first-order valence-corrected chi connectivity index (χ1v) is 31.5. The second-order valence-electron chi connectivity index (χ2n) is 21.3. The van der Waals surface area contributed by atoms with Gasteiger partial charge in [0, 0.05) is 19.3 Å². The SMILES string of the molecule is CCCCC/C=C\C/C=C\CCCCCCCCCCCC(=O)OCC(COC(=O)CCCCCCC/C=C\CCCCCCCC)OC(=O)CCCCCCCCCCCCCCCCCCCCC. The molecule has 0 N–H and O–H groups in total. The third-order valence-electron chi connectivity index (χ3n) is 14.1. The largest absolute Gasteiger partial charge is 0.462 e. The summed E-state index contributed by atoms with van der Waals surface area (Å²) in [6, 6.07) is 0. The molecule has 1 atom stereocenters. The quantitative estimate of drug-likeness (QED) is 0.0261. The van der Waals surface area contributed by atoms with Crippen molar-refractivity contribution in [2.75, 3.05) is 13.2 Å². The fourth-order valence-electron chi connectivity index (χ4n) is 9.35. The van der Waals surface area contributed by atoms with Crippen LogP contribution in [0, 0.1) is 0 Å². The predicted molar refractivity (Wildman–Crippen MR) is 307 cm³/mol. The van der Waals surface area contributed by atoms with Crippen LogP contribution in [0.25, 0.3) is 0 Å². The molecule has 0 rings (SSSR count). The van der Waals surface area contributed by atoms with E-state index in [1.165, 1.54) is 231 Å². The van der Waals surface area contributed by atoms with E-state index < -0.39 is 6.10 Å². The summed E-state index contributed by atoms with van der Waals surface area (Å²) in [5.74, 6) is -0.862. The lowest BCUT2D eigenvalue weighted by molar-refractivity contribution is -0.167. The third kappa shape index (κ3) is 58.4. The fraction of sp³-hybridized carbons (Fsp3) is 0.862. The van der Waals surface area contributed by atoms with E-state index in [1.54, 1.807) is 0 Å². The molecule has 0 aromatic heterocycles. The summed E-state index contributed by atoms with van der Waals surface area (Å²) in [4.78, 5) is 38.3. The first kappa shape index (κ1) is 68.6. The molecule has 1 unspecified atom stereocenters. The van der Waals surface area contributed by atoms with Crippen molar-refractivity contribution < 1.29 is 28.6 Å². The first-order valence-electron chi connectivity index (χ1n) is 31.5. The summed E-state index contributed by atoms with van der Waals surface area (Å²) in [7, 11) is 0. The highest BCUT2D eigenvalue weighted by molar-refractivity contribution is 5.71. The maximum absolute atomic E-state index is 12.9. The van der Waals surface area contributed by atoms with Crippen molar-refractivity contribution in [2.24, 2.45) is 0 Å². The molecule has 71 heavy (non-hydrogen) atoms. The van der Waals surface area contributed by atoms with Crippen molar-refractivity contribution in [1.82, 2.24) is 0 Å². The van der Waals surface area contributed by atoms with Crippen LogP contribution in [0.5, 0.6) is 0 Å². The smallest absolute Gasteiger partial charge is 0.306 e. The Labute approximate surface area is 442 Å². The standard InChI is InChI=1S/C65H120O6/c1-4-7-10-13-16-19-22-25-28-30-32-34-37-40-43-46-49-52-55-58-64(67)70-61-62(60-69-63(66)57-54-51-48-45-42-39-36-27-24-21-18-15-12-9-6-3)71-65(68)59-56-53-50-47-44-41-38-35-33-31-29-26-23-20-17-14-11-8-5-2/h16,19,25,27-28,36,62H,4-15,17-18,20-24,26,29-35,37-61H2,1-3H3/b19-16-,28-25-,36-27-. The van der Waals surface area contributed by atoms with E-state index in [2.05, 4.69) is 57.2 Å². The highest BCUT2D eigenvalue weighted by Gasteiger charge is 2.19. The predicted octanol–water partition coefficient (Wildman–Crippen LogP) is 21.2. The molecule has 0 radical (unpaired) electrons. The van der Waals surface area contributed by atoms with Crippen molar-refractivity contribution in [3.63, 3.8) is 0 Å². The molecule has 0 fully saturated rings. The Morgan fingerprint density at radius 1 is 0.282 bits per heavy atom. The zero-order chi connectivity index (χ0) is 51.4. The van der Waals surface area contributed by atoms with E-state index in [0.717, 1.165) is 70.6 Å². The second-order valence-corrected chi connectivity index (χ2v) is 21.3. The number of rotatable bonds is 58. The minimum absolute atomic E-state index is 0.0730. The maximum Gasteiger partial charge on any atom is 0.306 e. The summed E-state index contributed by atoms with van der Waals surface area (Å²) < 4.78 is 16.9. The van der Waals surface area contributed by atoms with Crippen LogP contribution in [0.3, 0.4) is 0 Å². The number of ether oxygens (including phenoxy) is 3. The van der Waals surface area contributed by atoms with Crippen molar-refractivity contribution in [1.29, 1.82) is 0 Å². The molecule has 0 spiro atoms. The highest BCUT2D eigenvalue weighted by atomic mass is 16.6. The van der Waals surface area contributed by atoms with Gasteiger partial charge < -0.3 is 14.2 Å². The van der Waals surface area contributed by atoms with Gasteiger partial charge in [-0.15, -0.1) is 0 Å². The van der Waals surface area contributed by atoms with E-state index in [9.17, 15) is 14.4 Å². The molecule has 0 heterocycles. The van der Waals surface area contributed by atoms with Gasteiger partial charge in [0.1, 0.15) is 13.2 Å². The highest BCUT2D eigenvalue weighted by Crippen LogP contribution is 2.17. The Bertz CT molecular complexity index is 1190. The van der Waals surface area contributed by atoms with Gasteiger partial charge in [-0.3, -0.25) is 14.4 Å². The molecule has 6 heteroatoms. The molecule has 0 amide bonds. The lowest BCUT2D eigenvalue weighted by atomic mass is 10.0. The van der Waals surface area contributed by atoms with Gasteiger partial charge in [-0.05, 0) is 77.0 Å². The molecule has 0 bridgehead atoms. The lowest BCUT2D eigenvalue weighted by Crippen LogP contribution is -2.30. The Balaban J connectivity index is 4.33. The van der Waals surface area contributed by atoms with E-state index in [0.29, 0.717) is 19.3 Å². The van der Waals surface area contributed by atoms with Gasteiger partial charge >= 0.3 is 17.9 Å². The molecule has 0 saturated heterocycles. The monoisotopic (exact) mass is 997 g/mol. The van der Waals surface area contributed by atoms with Crippen LogP contribution >= 0.6 is 0 Å². The molecule has 0 aliphatic rings. The first-order chi connectivity index (χ1) is 35.0. The van der Waals surface area contributed by atoms with Gasteiger partial charge in [0.2, 0.25) is 0 Å². The van der Waals surface area contributed by atoms with Crippen molar-refractivity contribution in [3.8, 4) is 0 Å². The Hall–Kier alpha value is -2.37. The zero-order valence-electron chi connectivity index (χ0n) is 47.8. The van der Waals surface area contributed by atoms with Gasteiger partial charge in [0.05, 0.1) is 0 Å². The Kier molecular flexibility index (Phi) is 58.2. The Morgan fingerprint density at radius 3 is 0.817 bits per heavy atom. The molecule has 0 aromatic carbocycles. The normalized spacial score (nSPS) is 12.2. The van der Waals surface area contributed by atoms with Gasteiger partial charge in [0.15, 0.2) is 6.10 Å².